The third kappa shape index (κ3) is 5.06. The number of hydrogen-bond acceptors (Lipinski definition) is 6. The highest BCUT2D eigenvalue weighted by Gasteiger charge is 2.36. The van der Waals surface area contributed by atoms with E-state index in [0.717, 1.165) is 24.7 Å². The molecule has 2 aromatic rings. The molecular weight excluding hydrogens is 585 g/mol. The van der Waals surface area contributed by atoms with E-state index in [1.807, 2.05) is 13.0 Å². The standard InChI is InChI=1S/C21H17BrINO5S/c1-3-29-17-9-12(8-15(23)19(17)28-2)10-18-20(26)24(21(27)30-18)11-16(25)13-4-6-14(22)7-5-13/h4-10H,3,11H2,1-2H3/b18-10+. The lowest BCUT2D eigenvalue weighted by Crippen LogP contribution is -2.33. The minimum atomic E-state index is -0.487. The molecule has 0 atom stereocenters. The van der Waals surface area contributed by atoms with E-state index in [1.54, 1.807) is 43.5 Å². The molecule has 9 heteroatoms. The number of rotatable bonds is 7. The predicted molar refractivity (Wildman–Crippen MR) is 128 cm³/mol. The van der Waals surface area contributed by atoms with Crippen LogP contribution in [-0.2, 0) is 4.79 Å². The molecule has 6 nitrogen and oxygen atoms in total. The van der Waals surface area contributed by atoms with Gasteiger partial charge in [-0.1, -0.05) is 28.1 Å². The van der Waals surface area contributed by atoms with E-state index in [9.17, 15) is 14.4 Å². The number of Topliss-reactive ketones (excluding diaryl/α,β-unsaturated/α-hetero) is 1. The number of ether oxygens (including phenoxy) is 2. The second-order valence-corrected chi connectivity index (χ2v) is 9.24. The summed E-state index contributed by atoms with van der Waals surface area (Å²) in [7, 11) is 1.56. The van der Waals surface area contributed by atoms with Crippen LogP contribution in [0.3, 0.4) is 0 Å². The Morgan fingerprint density at radius 1 is 1.23 bits per heavy atom. The molecule has 2 aromatic carbocycles. The molecule has 0 aromatic heterocycles. The summed E-state index contributed by atoms with van der Waals surface area (Å²) < 4.78 is 12.6. The molecule has 0 N–H and O–H groups in total. The number of carbonyl (C=O) groups is 3. The number of thioether (sulfide) groups is 1. The summed E-state index contributed by atoms with van der Waals surface area (Å²) in [5.41, 5.74) is 1.14. The number of benzene rings is 2. The average molecular weight is 602 g/mol. The summed E-state index contributed by atoms with van der Waals surface area (Å²) in [6, 6.07) is 10.4. The van der Waals surface area contributed by atoms with E-state index < -0.39 is 11.1 Å². The van der Waals surface area contributed by atoms with Crippen LogP contribution in [0.2, 0.25) is 0 Å². The number of methoxy groups -OCH3 is 1. The van der Waals surface area contributed by atoms with Crippen molar-refractivity contribution in [1.29, 1.82) is 0 Å². The van der Waals surface area contributed by atoms with E-state index in [-0.39, 0.29) is 17.2 Å². The van der Waals surface area contributed by atoms with Gasteiger partial charge in [0.2, 0.25) is 0 Å². The molecular formula is C21H17BrINO5S. The highest BCUT2D eigenvalue weighted by Crippen LogP contribution is 2.37. The number of halogens is 2. The summed E-state index contributed by atoms with van der Waals surface area (Å²) in [4.78, 5) is 38.8. The van der Waals surface area contributed by atoms with Gasteiger partial charge in [0.15, 0.2) is 17.3 Å². The average Bonchev–Trinajstić information content (AvgIpc) is 2.96. The van der Waals surface area contributed by atoms with Crippen LogP contribution in [0, 0.1) is 3.57 Å². The van der Waals surface area contributed by atoms with Crippen molar-refractivity contribution in [2.75, 3.05) is 20.3 Å². The van der Waals surface area contributed by atoms with Gasteiger partial charge in [0.25, 0.3) is 11.1 Å². The van der Waals surface area contributed by atoms with Crippen molar-refractivity contribution < 1.29 is 23.9 Å². The Hall–Kier alpha value is -1.85. The largest absolute Gasteiger partial charge is 0.492 e. The molecule has 3 rings (SSSR count). The topological polar surface area (TPSA) is 72.9 Å². The van der Waals surface area contributed by atoms with Gasteiger partial charge in [0.05, 0.1) is 28.7 Å². The van der Waals surface area contributed by atoms with Gasteiger partial charge >= 0.3 is 0 Å². The molecule has 156 valence electrons. The first kappa shape index (κ1) is 22.8. The second-order valence-electron chi connectivity index (χ2n) is 6.17. The van der Waals surface area contributed by atoms with Crippen LogP contribution < -0.4 is 9.47 Å². The molecule has 1 fully saturated rings. The Balaban J connectivity index is 1.82. The van der Waals surface area contributed by atoms with Crippen molar-refractivity contribution in [3.63, 3.8) is 0 Å². The van der Waals surface area contributed by atoms with Gasteiger partial charge in [0.1, 0.15) is 0 Å². The van der Waals surface area contributed by atoms with Gasteiger partial charge < -0.3 is 9.47 Å². The quantitative estimate of drug-likeness (QED) is 0.241. The maximum absolute atomic E-state index is 12.8. The fourth-order valence-corrected chi connectivity index (χ4v) is 4.74. The number of amides is 2. The zero-order valence-corrected chi connectivity index (χ0v) is 20.7. The number of imide groups is 1. The maximum Gasteiger partial charge on any atom is 0.293 e. The minimum absolute atomic E-state index is 0.257. The normalized spacial score (nSPS) is 15.1. The lowest BCUT2D eigenvalue weighted by atomic mass is 10.1. The van der Waals surface area contributed by atoms with E-state index in [4.69, 9.17) is 9.47 Å². The molecule has 1 saturated heterocycles. The Morgan fingerprint density at radius 2 is 1.93 bits per heavy atom. The van der Waals surface area contributed by atoms with Crippen molar-refractivity contribution in [2.45, 2.75) is 6.92 Å². The van der Waals surface area contributed by atoms with Crippen molar-refractivity contribution in [3.05, 3.63) is 60.5 Å². The molecule has 0 radical (unpaired) electrons. The van der Waals surface area contributed by atoms with E-state index >= 15 is 0 Å². The molecule has 0 bridgehead atoms. The van der Waals surface area contributed by atoms with Crippen molar-refractivity contribution >= 4 is 73.3 Å². The molecule has 1 aliphatic rings. The third-order valence-corrected chi connectivity index (χ3v) is 6.41. The maximum atomic E-state index is 12.8. The van der Waals surface area contributed by atoms with Crippen LogP contribution in [0.25, 0.3) is 6.08 Å². The van der Waals surface area contributed by atoms with Crippen LogP contribution in [0.1, 0.15) is 22.8 Å². The predicted octanol–water partition coefficient (Wildman–Crippen LogP) is 5.38. The Labute approximate surface area is 200 Å². The number of carbonyl (C=O) groups excluding carboxylic acids is 3. The molecule has 1 heterocycles. The summed E-state index contributed by atoms with van der Waals surface area (Å²) in [5.74, 6) is 0.383. The SMILES string of the molecule is CCOc1cc(/C=C2/SC(=O)N(CC(=O)c3ccc(Br)cc3)C2=O)cc(I)c1OC. The van der Waals surface area contributed by atoms with Gasteiger partial charge in [-0.3, -0.25) is 19.3 Å². The highest BCUT2D eigenvalue weighted by molar-refractivity contribution is 14.1. The lowest BCUT2D eigenvalue weighted by Gasteiger charge is -2.12. The van der Waals surface area contributed by atoms with Crippen LogP contribution in [0.15, 0.2) is 45.8 Å². The van der Waals surface area contributed by atoms with Crippen LogP contribution in [-0.4, -0.2) is 42.1 Å². The highest BCUT2D eigenvalue weighted by atomic mass is 127. The van der Waals surface area contributed by atoms with Gasteiger partial charge in [-0.15, -0.1) is 0 Å². The van der Waals surface area contributed by atoms with Crippen LogP contribution in [0.5, 0.6) is 11.5 Å². The molecule has 2 amide bonds. The molecule has 0 spiro atoms. The fourth-order valence-electron chi connectivity index (χ4n) is 2.79. The summed E-state index contributed by atoms with van der Waals surface area (Å²) in [5, 5.41) is -0.468. The molecule has 0 aliphatic carbocycles. The number of nitrogens with zero attached hydrogens (tertiary/aromatic N) is 1. The summed E-state index contributed by atoms with van der Waals surface area (Å²) in [6.45, 7) is 2.03. The van der Waals surface area contributed by atoms with Gasteiger partial charge in [-0.25, -0.2) is 0 Å². The first-order valence-corrected chi connectivity index (χ1v) is 11.6. The molecule has 0 unspecified atom stereocenters. The van der Waals surface area contributed by atoms with Crippen LogP contribution >= 0.6 is 50.3 Å². The summed E-state index contributed by atoms with van der Waals surface area (Å²) >= 11 is 6.25. The molecule has 30 heavy (non-hydrogen) atoms. The number of hydrogen-bond donors (Lipinski definition) is 0. The Morgan fingerprint density at radius 3 is 2.57 bits per heavy atom. The lowest BCUT2D eigenvalue weighted by molar-refractivity contribution is -0.122. The van der Waals surface area contributed by atoms with Crippen molar-refractivity contribution in [2.24, 2.45) is 0 Å². The Kier molecular flexibility index (Phi) is 7.59. The van der Waals surface area contributed by atoms with E-state index in [1.165, 1.54) is 0 Å². The summed E-state index contributed by atoms with van der Waals surface area (Å²) in [6.07, 6.45) is 1.62. The van der Waals surface area contributed by atoms with Crippen molar-refractivity contribution in [3.8, 4) is 11.5 Å². The Bertz CT molecular complexity index is 1040. The van der Waals surface area contributed by atoms with E-state index in [0.29, 0.717) is 29.2 Å². The van der Waals surface area contributed by atoms with E-state index in [2.05, 4.69) is 38.5 Å². The van der Waals surface area contributed by atoms with Crippen molar-refractivity contribution in [1.82, 2.24) is 4.90 Å². The molecule has 1 aliphatic heterocycles. The number of ketones is 1. The zero-order chi connectivity index (χ0) is 21.8. The second kappa shape index (κ2) is 9.97. The first-order valence-electron chi connectivity index (χ1n) is 8.88. The van der Waals surface area contributed by atoms with Crippen LogP contribution in [0.4, 0.5) is 4.79 Å². The zero-order valence-electron chi connectivity index (χ0n) is 16.1. The monoisotopic (exact) mass is 601 g/mol. The fraction of sp³-hybridized carbons (Fsp3) is 0.190. The first-order chi connectivity index (χ1) is 14.3. The van der Waals surface area contributed by atoms with Gasteiger partial charge in [0, 0.05) is 10.0 Å². The third-order valence-electron chi connectivity index (χ3n) is 4.18. The minimum Gasteiger partial charge on any atom is -0.492 e. The van der Waals surface area contributed by atoms with Gasteiger partial charge in [-0.2, -0.15) is 0 Å². The molecule has 0 saturated carbocycles. The smallest absolute Gasteiger partial charge is 0.293 e. The van der Waals surface area contributed by atoms with Gasteiger partial charge in [-0.05, 0) is 77.2 Å².